The highest BCUT2D eigenvalue weighted by Crippen LogP contribution is 2.27. The van der Waals surface area contributed by atoms with Crippen LogP contribution in [0.25, 0.3) is 10.9 Å². The fourth-order valence-electron chi connectivity index (χ4n) is 4.32. The normalized spacial score (nSPS) is 12.1. The number of carbonyl (C=O) groups is 1. The summed E-state index contributed by atoms with van der Waals surface area (Å²) in [7, 11) is -3.83. The number of carbonyl (C=O) groups excluding carboxylic acids is 1. The molecule has 0 unspecified atom stereocenters. The Labute approximate surface area is 240 Å². The van der Waals surface area contributed by atoms with E-state index in [9.17, 15) is 17.6 Å². The van der Waals surface area contributed by atoms with Gasteiger partial charge in [-0.05, 0) is 50.6 Å². The maximum absolute atomic E-state index is 14.5. The molecule has 0 fully saturated rings. The van der Waals surface area contributed by atoms with E-state index < -0.39 is 27.7 Å². The zero-order valence-electron chi connectivity index (χ0n) is 23.4. The molecule has 0 bridgehead atoms. The van der Waals surface area contributed by atoms with Crippen LogP contribution in [-0.4, -0.2) is 60.3 Å². The molecular formula is C30H35FN4O5S. The molecule has 0 aliphatic rings. The van der Waals surface area contributed by atoms with Crippen LogP contribution in [0.4, 0.5) is 9.18 Å². The van der Waals surface area contributed by atoms with Gasteiger partial charge in [0.15, 0.2) is 0 Å². The molecule has 2 aromatic heterocycles. The van der Waals surface area contributed by atoms with Gasteiger partial charge in [0, 0.05) is 49.5 Å². The molecule has 2 aromatic carbocycles. The topological polar surface area (TPSA) is 103 Å². The lowest BCUT2D eigenvalue weighted by atomic mass is 10.1. The Morgan fingerprint density at radius 1 is 0.976 bits per heavy atom. The molecule has 0 spiro atoms. The van der Waals surface area contributed by atoms with Crippen molar-refractivity contribution < 1.29 is 27.1 Å². The van der Waals surface area contributed by atoms with Crippen LogP contribution in [-0.2, 0) is 32.6 Å². The Hall–Kier alpha value is -3.80. The quantitative estimate of drug-likeness (QED) is 0.186. The summed E-state index contributed by atoms with van der Waals surface area (Å²) in [6, 6.07) is 18.9. The number of hydrogen-bond donors (Lipinski definition) is 1. The number of halogens is 1. The number of alkyl carbamates (subject to hydrolysis) is 1. The third-order valence-electron chi connectivity index (χ3n) is 6.15. The highest BCUT2D eigenvalue weighted by molar-refractivity contribution is 7.90. The van der Waals surface area contributed by atoms with Gasteiger partial charge in [-0.2, -0.15) is 4.39 Å². The molecular weight excluding hydrogens is 547 g/mol. The number of fused-ring (bicyclic) bond motifs is 1. The summed E-state index contributed by atoms with van der Waals surface area (Å²) >= 11 is 0. The number of hydrogen-bond acceptors (Lipinski definition) is 7. The number of para-hydroxylation sites is 1. The zero-order chi connectivity index (χ0) is 29.5. The second-order valence-corrected chi connectivity index (χ2v) is 12.3. The smallest absolute Gasteiger partial charge is 0.407 e. The molecule has 9 nitrogen and oxygen atoms in total. The molecule has 0 atom stereocenters. The van der Waals surface area contributed by atoms with Crippen molar-refractivity contribution in [2.45, 2.75) is 44.4 Å². The summed E-state index contributed by atoms with van der Waals surface area (Å²) in [5, 5.41) is 3.43. The highest BCUT2D eigenvalue weighted by Gasteiger charge is 2.22. The van der Waals surface area contributed by atoms with Gasteiger partial charge in [0.25, 0.3) is 10.0 Å². The molecule has 0 aliphatic carbocycles. The number of nitrogens with zero attached hydrogens (tertiary/aromatic N) is 3. The number of nitrogens with one attached hydrogen (secondary N) is 1. The third-order valence-corrected chi connectivity index (χ3v) is 7.84. The Morgan fingerprint density at radius 3 is 2.41 bits per heavy atom. The van der Waals surface area contributed by atoms with E-state index >= 15 is 0 Å². The molecule has 4 rings (SSSR count). The molecule has 0 aliphatic heterocycles. The van der Waals surface area contributed by atoms with Gasteiger partial charge in [-0.25, -0.2) is 22.2 Å². The second kappa shape index (κ2) is 13.2. The van der Waals surface area contributed by atoms with Crippen LogP contribution in [0.2, 0.25) is 0 Å². The van der Waals surface area contributed by atoms with Crippen LogP contribution >= 0.6 is 0 Å². The first-order chi connectivity index (χ1) is 19.5. The van der Waals surface area contributed by atoms with Gasteiger partial charge in [-0.15, -0.1) is 0 Å². The van der Waals surface area contributed by atoms with E-state index in [0.29, 0.717) is 30.8 Å². The van der Waals surface area contributed by atoms with Gasteiger partial charge in [-0.3, -0.25) is 4.90 Å². The first-order valence-corrected chi connectivity index (χ1v) is 14.7. The maximum Gasteiger partial charge on any atom is 0.407 e. The fourth-order valence-corrected chi connectivity index (χ4v) is 5.73. The predicted molar refractivity (Wildman–Crippen MR) is 154 cm³/mol. The zero-order valence-corrected chi connectivity index (χ0v) is 24.2. The van der Waals surface area contributed by atoms with Gasteiger partial charge < -0.3 is 14.8 Å². The lowest BCUT2D eigenvalue weighted by molar-refractivity contribution is 0.0488. The van der Waals surface area contributed by atoms with Crippen molar-refractivity contribution in [2.75, 3.05) is 26.3 Å². The lowest BCUT2D eigenvalue weighted by Gasteiger charge is -2.22. The van der Waals surface area contributed by atoms with Crippen molar-refractivity contribution in [3.05, 3.63) is 96.2 Å². The molecule has 4 aromatic rings. The summed E-state index contributed by atoms with van der Waals surface area (Å²) in [4.78, 5) is 17.8. The van der Waals surface area contributed by atoms with E-state index in [1.54, 1.807) is 81.6 Å². The first kappa shape index (κ1) is 30.2. The summed E-state index contributed by atoms with van der Waals surface area (Å²) in [5.74, 6) is -0.561. The number of amides is 1. The van der Waals surface area contributed by atoms with Crippen LogP contribution < -0.4 is 5.32 Å². The minimum absolute atomic E-state index is 0.190. The molecule has 218 valence electrons. The molecule has 2 heterocycles. The largest absolute Gasteiger partial charge is 0.444 e. The van der Waals surface area contributed by atoms with Crippen molar-refractivity contribution in [3.63, 3.8) is 0 Å². The summed E-state index contributed by atoms with van der Waals surface area (Å²) in [6.45, 7) is 7.21. The summed E-state index contributed by atoms with van der Waals surface area (Å²) in [6.07, 6.45) is 2.51. The Morgan fingerprint density at radius 2 is 1.68 bits per heavy atom. The van der Waals surface area contributed by atoms with E-state index in [4.69, 9.17) is 9.47 Å². The van der Waals surface area contributed by atoms with E-state index in [-0.39, 0.29) is 24.6 Å². The number of rotatable bonds is 12. The van der Waals surface area contributed by atoms with Crippen LogP contribution in [0.1, 0.15) is 31.9 Å². The van der Waals surface area contributed by atoms with Gasteiger partial charge >= 0.3 is 6.09 Å². The summed E-state index contributed by atoms with van der Waals surface area (Å²) in [5.41, 5.74) is 1.16. The maximum atomic E-state index is 14.5. The van der Waals surface area contributed by atoms with Crippen LogP contribution in [0.3, 0.4) is 0 Å². The molecule has 0 saturated heterocycles. The van der Waals surface area contributed by atoms with Gasteiger partial charge in [0.2, 0.25) is 5.95 Å². The Bertz CT molecular complexity index is 1570. The van der Waals surface area contributed by atoms with E-state index in [2.05, 4.69) is 10.3 Å². The van der Waals surface area contributed by atoms with Crippen LogP contribution in [0.5, 0.6) is 0 Å². The Kier molecular flexibility index (Phi) is 9.74. The molecule has 11 heteroatoms. The van der Waals surface area contributed by atoms with Gasteiger partial charge in [0.05, 0.1) is 23.6 Å². The monoisotopic (exact) mass is 582 g/mol. The number of aromatic nitrogens is 2. The van der Waals surface area contributed by atoms with E-state index in [1.807, 2.05) is 17.0 Å². The minimum Gasteiger partial charge on any atom is -0.444 e. The first-order valence-electron chi connectivity index (χ1n) is 13.3. The van der Waals surface area contributed by atoms with E-state index in [0.717, 1.165) is 10.9 Å². The molecule has 1 amide bonds. The highest BCUT2D eigenvalue weighted by atomic mass is 32.2. The number of benzene rings is 2. The average molecular weight is 583 g/mol. The Balaban J connectivity index is 1.50. The second-order valence-electron chi connectivity index (χ2n) is 10.5. The van der Waals surface area contributed by atoms with Crippen LogP contribution in [0, 0.1) is 5.95 Å². The molecule has 0 saturated carbocycles. The molecule has 41 heavy (non-hydrogen) atoms. The van der Waals surface area contributed by atoms with Crippen molar-refractivity contribution in [1.29, 1.82) is 0 Å². The van der Waals surface area contributed by atoms with Crippen molar-refractivity contribution >= 4 is 27.0 Å². The predicted octanol–water partition coefficient (Wildman–Crippen LogP) is 4.96. The van der Waals surface area contributed by atoms with Crippen LogP contribution in [0.15, 0.2) is 84.0 Å². The third kappa shape index (κ3) is 8.12. The van der Waals surface area contributed by atoms with E-state index in [1.165, 1.54) is 10.2 Å². The van der Waals surface area contributed by atoms with Crippen molar-refractivity contribution in [2.24, 2.45) is 0 Å². The van der Waals surface area contributed by atoms with Crippen molar-refractivity contribution in [3.8, 4) is 0 Å². The average Bonchev–Trinajstić information content (AvgIpc) is 3.30. The standard InChI is InChI=1S/C30H35FN4O5S/c1-30(2,3)40-29(36)33-16-18-39-19-17-34(20-23-10-9-15-32-28(23)31)21-24-22-35(27-14-8-7-13-26(24)27)41(37,38)25-11-5-4-6-12-25/h4-15,22H,16-21H2,1-3H3,(H,33,36). The lowest BCUT2D eigenvalue weighted by Crippen LogP contribution is -2.34. The summed E-state index contributed by atoms with van der Waals surface area (Å²) < 4.78 is 53.7. The fraction of sp³-hybridized carbons (Fsp3) is 0.333. The number of ether oxygens (including phenoxy) is 2. The number of pyridine rings is 1. The van der Waals surface area contributed by atoms with Gasteiger partial charge in [0.1, 0.15) is 5.60 Å². The van der Waals surface area contributed by atoms with Crippen molar-refractivity contribution in [1.82, 2.24) is 19.2 Å². The molecule has 0 radical (unpaired) electrons. The van der Waals surface area contributed by atoms with Gasteiger partial charge in [-0.1, -0.05) is 42.5 Å². The SMILES string of the molecule is CC(C)(C)OC(=O)NCCOCCN(Cc1cccnc1F)Cc1cn(S(=O)(=O)c2ccccc2)c2ccccc12. The molecule has 1 N–H and O–H groups in total. The minimum atomic E-state index is -3.83.